The zero-order chi connectivity index (χ0) is 49.6. The molecule has 17 rings (SSSR count). The fourth-order valence-corrected chi connectivity index (χ4v) is 12.2. The monoisotopic (exact) mass is 969 g/mol. The van der Waals surface area contributed by atoms with E-state index in [2.05, 4.69) is 209 Å². The number of aromatic nitrogens is 5. The van der Waals surface area contributed by atoms with E-state index >= 15 is 0 Å². The lowest BCUT2D eigenvalue weighted by molar-refractivity contribution is 0.669. The molecule has 0 saturated heterocycles. The van der Waals surface area contributed by atoms with Crippen molar-refractivity contribution in [2.45, 2.75) is 0 Å². The predicted octanol–water partition coefficient (Wildman–Crippen LogP) is 18.3. The molecule has 5 aromatic heterocycles. The molecule has 0 spiro atoms. The zero-order valence-corrected chi connectivity index (χ0v) is 40.6. The van der Waals surface area contributed by atoms with E-state index in [-0.39, 0.29) is 0 Å². The third kappa shape index (κ3) is 5.96. The maximum atomic E-state index is 7.06. The first-order valence-electron chi connectivity index (χ1n) is 25.7. The fraction of sp³-hybridized carbons (Fsp3) is 0. The van der Waals surface area contributed by atoms with Crippen LogP contribution in [0.4, 0.5) is 0 Å². The van der Waals surface area contributed by atoms with Crippen LogP contribution in [0.2, 0.25) is 0 Å². The molecule has 352 valence electrons. The number of hydrogen-bond donors (Lipinski definition) is 0. The van der Waals surface area contributed by atoms with Gasteiger partial charge in [-0.05, 0) is 129 Å². The molecule has 0 unspecified atom stereocenters. The first-order valence-corrected chi connectivity index (χ1v) is 25.7. The minimum Gasteiger partial charge on any atom is -0.456 e. The van der Waals surface area contributed by atoms with Gasteiger partial charge in [-0.15, -0.1) is 0 Å². The molecule has 17 aromatic rings. The van der Waals surface area contributed by atoms with Crippen molar-refractivity contribution in [3.8, 4) is 45.5 Å². The van der Waals surface area contributed by atoms with Crippen molar-refractivity contribution < 1.29 is 8.83 Å². The van der Waals surface area contributed by atoms with Gasteiger partial charge in [-0.1, -0.05) is 140 Å². The molecule has 76 heavy (non-hydrogen) atoms. The highest BCUT2D eigenvalue weighted by molar-refractivity contribution is 6.23. The molecule has 7 heteroatoms. The van der Waals surface area contributed by atoms with Crippen LogP contribution in [0.3, 0.4) is 0 Å². The van der Waals surface area contributed by atoms with Crippen molar-refractivity contribution in [3.63, 3.8) is 0 Å². The molecule has 0 saturated carbocycles. The molecule has 0 N–H and O–H groups in total. The number of para-hydroxylation sites is 5. The topological polar surface area (TPSA) is 74.8 Å². The quantitative estimate of drug-likeness (QED) is 0.172. The zero-order valence-electron chi connectivity index (χ0n) is 40.6. The summed E-state index contributed by atoms with van der Waals surface area (Å²) in [5, 5.41) is 15.7. The van der Waals surface area contributed by atoms with Gasteiger partial charge < -0.3 is 18.0 Å². The van der Waals surface area contributed by atoms with Crippen LogP contribution >= 0.6 is 0 Å². The van der Waals surface area contributed by atoms with Gasteiger partial charge >= 0.3 is 0 Å². The summed E-state index contributed by atoms with van der Waals surface area (Å²) >= 11 is 0. The summed E-state index contributed by atoms with van der Waals surface area (Å²) < 4.78 is 18.2. The Hall–Kier alpha value is -10.4. The number of benzene rings is 12. The lowest BCUT2D eigenvalue weighted by atomic mass is 9.99. The summed E-state index contributed by atoms with van der Waals surface area (Å²) in [4.78, 5) is 16.4. The Morgan fingerprint density at radius 1 is 0.289 bits per heavy atom. The van der Waals surface area contributed by atoms with Crippen molar-refractivity contribution in [3.05, 3.63) is 237 Å². The minimum atomic E-state index is 0.507. The van der Waals surface area contributed by atoms with E-state index in [4.69, 9.17) is 23.8 Å². The number of fused-ring (bicyclic) bond motifs is 16. The third-order valence-corrected chi connectivity index (χ3v) is 15.7. The van der Waals surface area contributed by atoms with Crippen LogP contribution in [0.15, 0.2) is 245 Å². The van der Waals surface area contributed by atoms with Crippen LogP contribution in [0.1, 0.15) is 0 Å². The standard InChI is InChI=1S/C69H39N5O2/c1-2-19-46(20-3-1)74-58-26-11-8-21-48(58)50-24-14-25-52(65(50)74)68-70-67(45-30-32-63-56(36-45)49-22-9-12-27-61(49)75-63)71-69(72-68)57-35-44-29-31-47(39-53(44)64-51-23-10-13-28-62(51)76-66(57)64)73-59-37-42-17-6-4-15-40(42)33-54(59)55-34-41-16-5-7-18-43(41)38-60(55)73/h1-39H. The normalized spacial score (nSPS) is 12.2. The van der Waals surface area contributed by atoms with Crippen LogP contribution in [0.25, 0.3) is 165 Å². The van der Waals surface area contributed by atoms with Crippen LogP contribution in [0.5, 0.6) is 0 Å². The average molecular weight is 970 g/mol. The third-order valence-electron chi connectivity index (χ3n) is 15.7. The Labute approximate surface area is 432 Å². The van der Waals surface area contributed by atoms with Crippen LogP contribution in [-0.2, 0) is 0 Å². The summed E-state index contributed by atoms with van der Waals surface area (Å²) in [6, 6.07) is 84.0. The van der Waals surface area contributed by atoms with Crippen LogP contribution in [-0.4, -0.2) is 24.1 Å². The van der Waals surface area contributed by atoms with E-state index in [1.807, 2.05) is 36.4 Å². The number of nitrogens with zero attached hydrogens (tertiary/aromatic N) is 5. The Kier molecular flexibility index (Phi) is 8.43. The van der Waals surface area contributed by atoms with Crippen molar-refractivity contribution in [1.82, 2.24) is 24.1 Å². The Morgan fingerprint density at radius 2 is 0.882 bits per heavy atom. The van der Waals surface area contributed by atoms with E-state index in [1.54, 1.807) is 0 Å². The maximum Gasteiger partial charge on any atom is 0.167 e. The van der Waals surface area contributed by atoms with E-state index in [9.17, 15) is 0 Å². The summed E-state index contributed by atoms with van der Waals surface area (Å²) in [7, 11) is 0. The van der Waals surface area contributed by atoms with Gasteiger partial charge in [-0.25, -0.2) is 15.0 Å². The fourth-order valence-electron chi connectivity index (χ4n) is 12.2. The van der Waals surface area contributed by atoms with Crippen molar-refractivity contribution >= 4 is 120 Å². The van der Waals surface area contributed by atoms with E-state index in [1.165, 1.54) is 32.3 Å². The molecule has 0 aliphatic rings. The van der Waals surface area contributed by atoms with E-state index in [0.29, 0.717) is 23.1 Å². The second-order valence-corrected chi connectivity index (χ2v) is 19.9. The minimum absolute atomic E-state index is 0.507. The van der Waals surface area contributed by atoms with Gasteiger partial charge in [0.05, 0.1) is 27.6 Å². The molecular weight excluding hydrogens is 931 g/mol. The van der Waals surface area contributed by atoms with Gasteiger partial charge in [0, 0.05) is 65.6 Å². The molecule has 5 heterocycles. The van der Waals surface area contributed by atoms with Gasteiger partial charge in [0.2, 0.25) is 0 Å². The molecule has 12 aromatic carbocycles. The highest BCUT2D eigenvalue weighted by atomic mass is 16.3. The summed E-state index contributed by atoms with van der Waals surface area (Å²) in [5.41, 5.74) is 12.2. The van der Waals surface area contributed by atoms with Gasteiger partial charge in [0.15, 0.2) is 17.5 Å². The van der Waals surface area contributed by atoms with Crippen LogP contribution in [0, 0.1) is 0 Å². The van der Waals surface area contributed by atoms with Crippen LogP contribution < -0.4 is 0 Å². The van der Waals surface area contributed by atoms with Crippen molar-refractivity contribution in [1.29, 1.82) is 0 Å². The van der Waals surface area contributed by atoms with Gasteiger partial charge in [0.25, 0.3) is 0 Å². The Bertz CT molecular complexity index is 5220. The largest absolute Gasteiger partial charge is 0.456 e. The van der Waals surface area contributed by atoms with Crippen molar-refractivity contribution in [2.75, 3.05) is 0 Å². The van der Waals surface area contributed by atoms with Crippen molar-refractivity contribution in [2.24, 2.45) is 0 Å². The first-order chi connectivity index (χ1) is 37.6. The Morgan fingerprint density at radius 3 is 1.63 bits per heavy atom. The van der Waals surface area contributed by atoms with Gasteiger partial charge in [0.1, 0.15) is 22.3 Å². The van der Waals surface area contributed by atoms with E-state index < -0.39 is 0 Å². The molecule has 0 atom stereocenters. The molecule has 0 aliphatic carbocycles. The molecule has 0 bridgehead atoms. The maximum absolute atomic E-state index is 7.06. The lowest BCUT2D eigenvalue weighted by Gasteiger charge is -2.14. The molecular formula is C69H39N5O2. The summed E-state index contributed by atoms with van der Waals surface area (Å²) in [5.74, 6) is 1.60. The summed E-state index contributed by atoms with van der Waals surface area (Å²) in [6.45, 7) is 0. The average Bonchev–Trinajstić information content (AvgIpc) is 4.32. The smallest absolute Gasteiger partial charge is 0.167 e. The lowest BCUT2D eigenvalue weighted by Crippen LogP contribution is -2.02. The number of rotatable bonds is 5. The second kappa shape index (κ2) is 15.6. The highest BCUT2D eigenvalue weighted by Gasteiger charge is 2.25. The van der Waals surface area contributed by atoms with Gasteiger partial charge in [-0.3, -0.25) is 0 Å². The molecule has 0 fully saturated rings. The highest BCUT2D eigenvalue weighted by Crippen LogP contribution is 2.45. The molecule has 0 aliphatic heterocycles. The molecule has 7 nitrogen and oxygen atoms in total. The SMILES string of the molecule is c1ccc(-n2c3ccccc3c3cccc(-c4nc(-c5ccc6oc7ccccc7c6c5)nc(-c5cc6ccc(-n7c8cc9ccccc9cc8c8cc9ccccc9cc87)cc6c6c5oc5ccccc56)n4)c32)cc1. The summed E-state index contributed by atoms with van der Waals surface area (Å²) in [6.07, 6.45) is 0. The molecule has 0 radical (unpaired) electrons. The van der Waals surface area contributed by atoms with Gasteiger partial charge in [-0.2, -0.15) is 0 Å². The predicted molar refractivity (Wildman–Crippen MR) is 312 cm³/mol. The second-order valence-electron chi connectivity index (χ2n) is 19.9. The Balaban J connectivity index is 0.945. The first kappa shape index (κ1) is 41.1. The molecule has 0 amide bonds. The number of hydrogen-bond acceptors (Lipinski definition) is 5. The number of furan rings is 2. The van der Waals surface area contributed by atoms with E-state index in [0.717, 1.165) is 110 Å².